The zero-order chi connectivity index (χ0) is 20.4. The van der Waals surface area contributed by atoms with Gasteiger partial charge in [-0.1, -0.05) is 54.2 Å². The molecule has 146 valence electrons. The van der Waals surface area contributed by atoms with Crippen molar-refractivity contribution in [3.63, 3.8) is 0 Å². The Bertz CT molecular complexity index is 1130. The molecule has 3 aromatic carbocycles. The van der Waals surface area contributed by atoms with Gasteiger partial charge in [0, 0.05) is 17.5 Å². The van der Waals surface area contributed by atoms with Crippen molar-refractivity contribution in [2.75, 3.05) is 5.32 Å². The number of thioether (sulfide) groups is 1. The van der Waals surface area contributed by atoms with Gasteiger partial charge in [-0.2, -0.15) is 0 Å². The Morgan fingerprint density at radius 1 is 1.07 bits per heavy atom. The molecular weight excluding hydrogens is 382 g/mol. The standard InChI is InChI=1S/C23H21N3O2S/c1-14-10-11-17(12-15(14)2)24-23-26-22(28)20(29-23)13-21(27)25-19-9-5-7-16-6-3-4-8-18(16)19/h3-12,20H,13H2,1-2H3,(H,25,27)(H,24,26,28)/t20-/m1/s1. The summed E-state index contributed by atoms with van der Waals surface area (Å²) >= 11 is 1.29. The second-order valence-electron chi connectivity index (χ2n) is 7.06. The van der Waals surface area contributed by atoms with Crippen LogP contribution in [0.1, 0.15) is 17.5 Å². The number of amides is 2. The lowest BCUT2D eigenvalue weighted by Gasteiger charge is -2.10. The van der Waals surface area contributed by atoms with Crippen molar-refractivity contribution in [2.45, 2.75) is 25.5 Å². The number of hydrogen-bond acceptors (Lipinski definition) is 4. The number of anilines is 1. The van der Waals surface area contributed by atoms with Crippen molar-refractivity contribution in [1.29, 1.82) is 0 Å². The van der Waals surface area contributed by atoms with Gasteiger partial charge in [0.2, 0.25) is 11.8 Å². The molecule has 0 unspecified atom stereocenters. The monoisotopic (exact) mass is 403 g/mol. The summed E-state index contributed by atoms with van der Waals surface area (Å²) in [5, 5.41) is 7.79. The number of amidine groups is 1. The van der Waals surface area contributed by atoms with Crippen LogP contribution in [0.25, 0.3) is 10.8 Å². The zero-order valence-electron chi connectivity index (χ0n) is 16.2. The van der Waals surface area contributed by atoms with Crippen LogP contribution in [-0.2, 0) is 9.59 Å². The molecule has 1 heterocycles. The highest BCUT2D eigenvalue weighted by molar-refractivity contribution is 8.15. The van der Waals surface area contributed by atoms with Crippen LogP contribution in [0.4, 0.5) is 11.4 Å². The molecular formula is C23H21N3O2S. The van der Waals surface area contributed by atoms with E-state index in [9.17, 15) is 9.59 Å². The number of benzene rings is 3. The summed E-state index contributed by atoms with van der Waals surface area (Å²) in [6.45, 7) is 4.07. The molecule has 6 heteroatoms. The first kappa shape index (κ1) is 19.2. The molecule has 1 fully saturated rings. The number of nitrogens with zero attached hydrogens (tertiary/aromatic N) is 1. The molecule has 4 rings (SSSR count). The van der Waals surface area contributed by atoms with Crippen LogP contribution in [0, 0.1) is 13.8 Å². The summed E-state index contributed by atoms with van der Waals surface area (Å²) in [7, 11) is 0. The van der Waals surface area contributed by atoms with Crippen LogP contribution in [0.3, 0.4) is 0 Å². The van der Waals surface area contributed by atoms with E-state index >= 15 is 0 Å². The van der Waals surface area contributed by atoms with Crippen LogP contribution in [0.2, 0.25) is 0 Å². The minimum atomic E-state index is -0.490. The molecule has 1 saturated heterocycles. The molecule has 5 nitrogen and oxygen atoms in total. The number of carbonyl (C=O) groups excluding carboxylic acids is 2. The smallest absolute Gasteiger partial charge is 0.240 e. The van der Waals surface area contributed by atoms with Crippen LogP contribution in [0.15, 0.2) is 65.7 Å². The summed E-state index contributed by atoms with van der Waals surface area (Å²) in [5.41, 5.74) is 3.88. The Kier molecular flexibility index (Phi) is 5.36. The molecule has 2 N–H and O–H groups in total. The molecule has 0 aromatic heterocycles. The maximum absolute atomic E-state index is 12.6. The van der Waals surface area contributed by atoms with Crippen LogP contribution in [0.5, 0.6) is 0 Å². The lowest BCUT2D eigenvalue weighted by Crippen LogP contribution is -2.28. The molecule has 0 bridgehead atoms. The molecule has 1 atom stereocenters. The van der Waals surface area contributed by atoms with Gasteiger partial charge < -0.3 is 10.6 Å². The van der Waals surface area contributed by atoms with Gasteiger partial charge in [0.25, 0.3) is 0 Å². The van der Waals surface area contributed by atoms with Gasteiger partial charge in [-0.3, -0.25) is 9.59 Å². The average molecular weight is 404 g/mol. The molecule has 29 heavy (non-hydrogen) atoms. The van der Waals surface area contributed by atoms with Crippen molar-refractivity contribution in [2.24, 2.45) is 4.99 Å². The van der Waals surface area contributed by atoms with E-state index < -0.39 is 5.25 Å². The highest BCUT2D eigenvalue weighted by Crippen LogP contribution is 2.27. The van der Waals surface area contributed by atoms with Gasteiger partial charge >= 0.3 is 0 Å². The van der Waals surface area contributed by atoms with E-state index in [4.69, 9.17) is 0 Å². The Morgan fingerprint density at radius 2 is 1.86 bits per heavy atom. The Hall–Kier alpha value is -3.12. The van der Waals surface area contributed by atoms with Gasteiger partial charge in [0.15, 0.2) is 5.17 Å². The van der Waals surface area contributed by atoms with Crippen LogP contribution < -0.4 is 10.6 Å². The maximum Gasteiger partial charge on any atom is 0.240 e. The van der Waals surface area contributed by atoms with Crippen molar-refractivity contribution in [3.8, 4) is 0 Å². The first-order chi connectivity index (χ1) is 14.0. The predicted molar refractivity (Wildman–Crippen MR) is 120 cm³/mol. The van der Waals surface area contributed by atoms with E-state index in [2.05, 4.69) is 15.6 Å². The fourth-order valence-electron chi connectivity index (χ4n) is 3.21. The highest BCUT2D eigenvalue weighted by Gasteiger charge is 2.32. The van der Waals surface area contributed by atoms with E-state index in [0.717, 1.165) is 27.7 Å². The zero-order valence-corrected chi connectivity index (χ0v) is 17.0. The highest BCUT2D eigenvalue weighted by atomic mass is 32.2. The second-order valence-corrected chi connectivity index (χ2v) is 8.25. The topological polar surface area (TPSA) is 70.6 Å². The van der Waals surface area contributed by atoms with Crippen molar-refractivity contribution in [3.05, 3.63) is 71.8 Å². The third kappa shape index (κ3) is 4.32. The van der Waals surface area contributed by atoms with E-state index in [-0.39, 0.29) is 18.2 Å². The van der Waals surface area contributed by atoms with E-state index in [0.29, 0.717) is 5.17 Å². The minimum absolute atomic E-state index is 0.0890. The Morgan fingerprint density at radius 3 is 2.69 bits per heavy atom. The van der Waals surface area contributed by atoms with Gasteiger partial charge in [-0.05, 0) is 48.6 Å². The van der Waals surface area contributed by atoms with Crippen LogP contribution in [-0.4, -0.2) is 22.2 Å². The molecule has 0 spiro atoms. The number of rotatable bonds is 4. The summed E-state index contributed by atoms with van der Waals surface area (Å²) in [4.78, 5) is 29.4. The molecule has 1 aliphatic heterocycles. The summed E-state index contributed by atoms with van der Waals surface area (Å²) < 4.78 is 0. The van der Waals surface area contributed by atoms with Crippen molar-refractivity contribution < 1.29 is 9.59 Å². The van der Waals surface area contributed by atoms with Crippen molar-refractivity contribution in [1.82, 2.24) is 5.32 Å². The molecule has 1 aliphatic rings. The van der Waals surface area contributed by atoms with Gasteiger partial charge in [0.05, 0.1) is 5.69 Å². The average Bonchev–Trinajstić information content (AvgIpc) is 3.03. The minimum Gasteiger partial charge on any atom is -0.325 e. The predicted octanol–water partition coefficient (Wildman–Crippen LogP) is 4.70. The number of aryl methyl sites for hydroxylation is 2. The Balaban J connectivity index is 1.44. The third-order valence-corrected chi connectivity index (χ3v) is 6.01. The molecule has 0 saturated carbocycles. The Labute approximate surface area is 173 Å². The number of nitrogens with one attached hydrogen (secondary N) is 2. The van der Waals surface area contributed by atoms with E-state index in [1.807, 2.05) is 74.5 Å². The summed E-state index contributed by atoms with van der Waals surface area (Å²) in [6, 6.07) is 19.6. The summed E-state index contributed by atoms with van der Waals surface area (Å²) in [5.74, 6) is -0.382. The first-order valence-electron chi connectivity index (χ1n) is 9.41. The lowest BCUT2D eigenvalue weighted by atomic mass is 10.1. The van der Waals surface area contributed by atoms with Crippen molar-refractivity contribution >= 4 is 50.9 Å². The number of hydrogen-bond donors (Lipinski definition) is 2. The third-order valence-electron chi connectivity index (χ3n) is 4.93. The second kappa shape index (κ2) is 8.09. The lowest BCUT2D eigenvalue weighted by molar-refractivity contribution is -0.122. The van der Waals surface area contributed by atoms with E-state index in [1.165, 1.54) is 17.3 Å². The van der Waals surface area contributed by atoms with Gasteiger partial charge in [0.1, 0.15) is 5.25 Å². The number of aliphatic imine (C=N–C) groups is 1. The molecule has 0 radical (unpaired) electrons. The summed E-state index contributed by atoms with van der Waals surface area (Å²) in [6.07, 6.45) is 0.0890. The quantitative estimate of drug-likeness (QED) is 0.663. The number of carbonyl (C=O) groups is 2. The van der Waals surface area contributed by atoms with Gasteiger partial charge in [-0.15, -0.1) is 0 Å². The van der Waals surface area contributed by atoms with Crippen LogP contribution >= 0.6 is 11.8 Å². The fourth-order valence-corrected chi connectivity index (χ4v) is 4.20. The SMILES string of the molecule is Cc1ccc(N=C2NC(=O)[C@@H](CC(=O)Nc3cccc4ccccc34)S2)cc1C. The largest absolute Gasteiger partial charge is 0.325 e. The molecule has 3 aromatic rings. The molecule has 0 aliphatic carbocycles. The number of fused-ring (bicyclic) bond motifs is 1. The molecule has 2 amide bonds. The normalized spacial score (nSPS) is 17.5. The van der Waals surface area contributed by atoms with Gasteiger partial charge in [-0.25, -0.2) is 4.99 Å². The maximum atomic E-state index is 12.6. The fraction of sp³-hybridized carbons (Fsp3) is 0.174. The first-order valence-corrected chi connectivity index (χ1v) is 10.3. The van der Waals surface area contributed by atoms with E-state index in [1.54, 1.807) is 0 Å².